The van der Waals surface area contributed by atoms with Gasteiger partial charge in [-0.05, 0) is 29.8 Å². The van der Waals surface area contributed by atoms with Crippen molar-refractivity contribution >= 4 is 34.2 Å². The molecule has 4 rings (SSSR count). The summed E-state index contributed by atoms with van der Waals surface area (Å²) in [6, 6.07) is 11.8. The maximum absolute atomic E-state index is 12.7. The summed E-state index contributed by atoms with van der Waals surface area (Å²) in [7, 11) is 0. The fraction of sp³-hybridized carbons (Fsp3) is 0.0556. The van der Waals surface area contributed by atoms with Gasteiger partial charge in [-0.25, -0.2) is 4.79 Å². The van der Waals surface area contributed by atoms with Crippen LogP contribution < -0.4 is 16.6 Å². The van der Waals surface area contributed by atoms with Crippen molar-refractivity contribution in [3.63, 3.8) is 0 Å². The second-order valence-corrected chi connectivity index (χ2v) is 6.38. The zero-order valence-electron chi connectivity index (χ0n) is 14.3. The second kappa shape index (κ2) is 7.12. The van der Waals surface area contributed by atoms with E-state index in [0.29, 0.717) is 27.3 Å². The number of hydrogen-bond donors (Lipinski definition) is 3. The van der Waals surface area contributed by atoms with Crippen LogP contribution in [0.1, 0.15) is 15.9 Å². The Balaban J connectivity index is 1.66. The Morgan fingerprint density at radius 2 is 1.89 bits per heavy atom. The average molecular weight is 397 g/mol. The number of hydrogen-bond acceptors (Lipinski definition) is 5. The average Bonchev–Trinajstić information content (AvgIpc) is 3.14. The molecule has 3 N–H and O–H groups in total. The molecule has 0 spiro atoms. The third kappa shape index (κ3) is 3.30. The molecule has 0 saturated heterocycles. The normalized spacial score (nSPS) is 10.9. The number of rotatable bonds is 4. The lowest BCUT2D eigenvalue weighted by Crippen LogP contribution is -2.39. The van der Waals surface area contributed by atoms with Crippen molar-refractivity contribution in [3.8, 4) is 0 Å². The minimum absolute atomic E-state index is 0.0557. The van der Waals surface area contributed by atoms with Gasteiger partial charge in [-0.1, -0.05) is 29.8 Å². The molecule has 0 fully saturated rings. The van der Waals surface area contributed by atoms with E-state index in [1.54, 1.807) is 42.5 Å². The van der Waals surface area contributed by atoms with Crippen LogP contribution in [0.2, 0.25) is 5.02 Å². The maximum atomic E-state index is 12.7. The fourth-order valence-corrected chi connectivity index (χ4v) is 2.93. The van der Waals surface area contributed by atoms with Gasteiger partial charge >= 0.3 is 5.69 Å². The van der Waals surface area contributed by atoms with Gasteiger partial charge in [-0.15, -0.1) is 0 Å². The Kier molecular flexibility index (Phi) is 4.50. The van der Waals surface area contributed by atoms with E-state index < -0.39 is 17.2 Å². The lowest BCUT2D eigenvalue weighted by molar-refractivity contribution is 0.102. The zero-order valence-corrected chi connectivity index (χ0v) is 15.0. The molecule has 0 aliphatic rings. The van der Waals surface area contributed by atoms with Crippen molar-refractivity contribution in [1.82, 2.24) is 25.0 Å². The molecule has 2 aromatic heterocycles. The third-order valence-electron chi connectivity index (χ3n) is 4.17. The molecular weight excluding hydrogens is 384 g/mol. The van der Waals surface area contributed by atoms with Gasteiger partial charge in [0.1, 0.15) is 16.6 Å². The van der Waals surface area contributed by atoms with E-state index in [1.165, 1.54) is 0 Å². The lowest BCUT2D eigenvalue weighted by Gasteiger charge is -2.09. The van der Waals surface area contributed by atoms with Crippen molar-refractivity contribution < 1.29 is 4.79 Å². The van der Waals surface area contributed by atoms with Gasteiger partial charge in [0.2, 0.25) is 0 Å². The Morgan fingerprint density at radius 1 is 1.11 bits per heavy atom. The molecule has 10 heteroatoms. The van der Waals surface area contributed by atoms with E-state index >= 15 is 0 Å². The van der Waals surface area contributed by atoms with E-state index in [0.717, 1.165) is 10.8 Å². The molecule has 2 aromatic carbocycles. The van der Waals surface area contributed by atoms with Gasteiger partial charge < -0.3 is 10.3 Å². The summed E-state index contributed by atoms with van der Waals surface area (Å²) in [6.45, 7) is -0.0557. The van der Waals surface area contributed by atoms with Gasteiger partial charge in [0.05, 0.1) is 6.54 Å². The molecule has 0 radical (unpaired) electrons. The summed E-state index contributed by atoms with van der Waals surface area (Å²) in [5, 5.41) is 13.4. The van der Waals surface area contributed by atoms with Crippen LogP contribution in [0.3, 0.4) is 0 Å². The fourth-order valence-electron chi connectivity index (χ4n) is 2.73. The van der Waals surface area contributed by atoms with Crippen LogP contribution in [0.15, 0.2) is 58.3 Å². The monoisotopic (exact) mass is 396 g/mol. The van der Waals surface area contributed by atoms with Crippen molar-refractivity contribution in [3.05, 3.63) is 85.6 Å². The minimum Gasteiger partial charge on any atom is -0.322 e. The topological polar surface area (TPSA) is 126 Å². The summed E-state index contributed by atoms with van der Waals surface area (Å²) in [5.41, 5.74) is 0.682. The molecule has 4 aromatic rings. The smallest absolute Gasteiger partial charge is 0.322 e. The minimum atomic E-state index is -0.719. The number of amides is 1. The number of aromatic amines is 2. The molecule has 0 bridgehead atoms. The molecule has 2 heterocycles. The number of H-pyrrole nitrogens is 2. The second-order valence-electron chi connectivity index (χ2n) is 5.97. The Bertz CT molecular complexity index is 1310. The highest BCUT2D eigenvalue weighted by Gasteiger charge is 2.16. The summed E-state index contributed by atoms with van der Waals surface area (Å²) in [4.78, 5) is 39.8. The van der Waals surface area contributed by atoms with Crippen LogP contribution in [-0.4, -0.2) is 30.9 Å². The van der Waals surface area contributed by atoms with Crippen LogP contribution in [-0.2, 0) is 6.54 Å². The molecule has 1 amide bonds. The van der Waals surface area contributed by atoms with E-state index in [2.05, 4.69) is 25.7 Å². The van der Waals surface area contributed by atoms with Crippen molar-refractivity contribution in [2.45, 2.75) is 6.54 Å². The number of carbonyl (C=O) groups is 1. The highest BCUT2D eigenvalue weighted by atomic mass is 35.5. The summed E-state index contributed by atoms with van der Waals surface area (Å²) in [6.07, 6.45) is 1.09. The molecule has 0 atom stereocenters. The Morgan fingerprint density at radius 3 is 2.71 bits per heavy atom. The van der Waals surface area contributed by atoms with Crippen LogP contribution in [0.5, 0.6) is 0 Å². The van der Waals surface area contributed by atoms with Crippen LogP contribution in [0, 0.1) is 0 Å². The van der Waals surface area contributed by atoms with Gasteiger partial charge in [-0.3, -0.25) is 14.2 Å². The van der Waals surface area contributed by atoms with Gasteiger partial charge in [-0.2, -0.15) is 15.4 Å². The molecule has 140 valence electrons. The first-order valence-corrected chi connectivity index (χ1v) is 8.58. The number of carbonyl (C=O) groups excluding carboxylic acids is 1. The first-order valence-electron chi connectivity index (χ1n) is 8.21. The van der Waals surface area contributed by atoms with Gasteiger partial charge in [0.15, 0.2) is 0 Å². The Labute approximate surface area is 162 Å². The van der Waals surface area contributed by atoms with Crippen molar-refractivity contribution in [2.75, 3.05) is 5.32 Å². The SMILES string of the molecule is O=C(Nc1ccc2n[nH]nc2c1)c1c[nH]c(=O)n(Cc2ccccc2Cl)c1=O. The molecule has 9 nitrogen and oxygen atoms in total. The quantitative estimate of drug-likeness (QED) is 0.484. The van der Waals surface area contributed by atoms with Gasteiger partial charge in [0, 0.05) is 16.9 Å². The third-order valence-corrected chi connectivity index (χ3v) is 4.53. The highest BCUT2D eigenvalue weighted by molar-refractivity contribution is 6.31. The Hall–Kier alpha value is -3.72. The summed E-state index contributed by atoms with van der Waals surface area (Å²) < 4.78 is 0.928. The zero-order chi connectivity index (χ0) is 19.7. The first-order chi connectivity index (χ1) is 13.5. The van der Waals surface area contributed by atoms with E-state index in [4.69, 9.17) is 11.6 Å². The summed E-state index contributed by atoms with van der Waals surface area (Å²) >= 11 is 6.11. The maximum Gasteiger partial charge on any atom is 0.328 e. The van der Waals surface area contributed by atoms with Gasteiger partial charge in [0.25, 0.3) is 11.5 Å². The number of fused-ring (bicyclic) bond motifs is 1. The van der Waals surface area contributed by atoms with E-state index in [-0.39, 0.29) is 12.1 Å². The first kappa shape index (κ1) is 17.7. The van der Waals surface area contributed by atoms with Crippen LogP contribution >= 0.6 is 11.6 Å². The van der Waals surface area contributed by atoms with Crippen molar-refractivity contribution in [2.24, 2.45) is 0 Å². The molecule has 0 saturated carbocycles. The number of halogens is 1. The standard InChI is InChI=1S/C18H13ClN6O3/c19-13-4-2-1-3-10(13)9-25-17(27)12(8-20-18(25)28)16(26)21-11-5-6-14-15(7-11)23-24-22-14/h1-8H,9H2,(H,20,28)(H,21,26)(H,22,23,24). The predicted molar refractivity (Wildman–Crippen MR) is 104 cm³/mol. The number of benzene rings is 2. The number of nitrogens with one attached hydrogen (secondary N) is 3. The number of anilines is 1. The number of nitrogens with zero attached hydrogens (tertiary/aromatic N) is 3. The predicted octanol–water partition coefficient (Wildman–Crippen LogP) is 1.76. The molecule has 28 heavy (non-hydrogen) atoms. The largest absolute Gasteiger partial charge is 0.328 e. The van der Waals surface area contributed by atoms with Crippen molar-refractivity contribution in [1.29, 1.82) is 0 Å². The molecule has 0 aliphatic carbocycles. The lowest BCUT2D eigenvalue weighted by atomic mass is 10.2. The van der Waals surface area contributed by atoms with Crippen LogP contribution in [0.4, 0.5) is 5.69 Å². The van der Waals surface area contributed by atoms with E-state index in [1.807, 2.05) is 0 Å². The summed E-state index contributed by atoms with van der Waals surface area (Å²) in [5.74, 6) is -0.656. The van der Waals surface area contributed by atoms with E-state index in [9.17, 15) is 14.4 Å². The van der Waals surface area contributed by atoms with Crippen LogP contribution in [0.25, 0.3) is 11.0 Å². The number of aromatic nitrogens is 5. The highest BCUT2D eigenvalue weighted by Crippen LogP contribution is 2.16. The molecular formula is C18H13ClN6O3. The molecule has 0 unspecified atom stereocenters. The molecule has 0 aliphatic heterocycles.